The van der Waals surface area contributed by atoms with E-state index in [2.05, 4.69) is 10.3 Å². The molecule has 0 saturated carbocycles. The number of imidazole rings is 1. The molecule has 6 nitrogen and oxygen atoms in total. The molecule has 3 aromatic rings. The molecule has 6 heteroatoms. The number of aryl methyl sites for hydroxylation is 1. The maximum Gasteiger partial charge on any atom is 0.329 e. The van der Waals surface area contributed by atoms with Crippen molar-refractivity contribution in [2.75, 3.05) is 0 Å². The molecule has 2 heterocycles. The predicted octanol–water partition coefficient (Wildman–Crippen LogP) is 1.61. The molecule has 118 valence electrons. The van der Waals surface area contributed by atoms with Crippen molar-refractivity contribution in [2.24, 2.45) is 7.05 Å². The zero-order valence-corrected chi connectivity index (χ0v) is 13.1. The van der Waals surface area contributed by atoms with E-state index in [1.807, 2.05) is 49.4 Å². The minimum atomic E-state index is -0.221. The van der Waals surface area contributed by atoms with Gasteiger partial charge in [0.1, 0.15) is 6.54 Å². The fraction of sp³-hybridized carbons (Fsp3) is 0.235. The third-order valence-electron chi connectivity index (χ3n) is 3.86. The highest BCUT2D eigenvalue weighted by molar-refractivity contribution is 5.81. The SMILES string of the molecule is CC(NC(=O)Cn1c(=O)n(C)c2ccccc21)c1ccccn1. The van der Waals surface area contributed by atoms with Crippen LogP contribution in [0.3, 0.4) is 0 Å². The van der Waals surface area contributed by atoms with E-state index in [0.717, 1.165) is 16.7 Å². The molecule has 0 aliphatic carbocycles. The van der Waals surface area contributed by atoms with Gasteiger partial charge >= 0.3 is 5.69 Å². The van der Waals surface area contributed by atoms with Gasteiger partial charge in [-0.2, -0.15) is 0 Å². The lowest BCUT2D eigenvalue weighted by Crippen LogP contribution is -2.34. The summed E-state index contributed by atoms with van der Waals surface area (Å²) < 4.78 is 3.03. The van der Waals surface area contributed by atoms with Crippen LogP contribution >= 0.6 is 0 Å². The second-order valence-corrected chi connectivity index (χ2v) is 5.46. The van der Waals surface area contributed by atoms with Crippen LogP contribution in [0, 0.1) is 0 Å². The topological polar surface area (TPSA) is 68.9 Å². The number of hydrogen-bond donors (Lipinski definition) is 1. The number of para-hydroxylation sites is 2. The lowest BCUT2D eigenvalue weighted by molar-refractivity contribution is -0.122. The quantitative estimate of drug-likeness (QED) is 0.796. The lowest BCUT2D eigenvalue weighted by atomic mass is 10.2. The monoisotopic (exact) mass is 310 g/mol. The largest absolute Gasteiger partial charge is 0.346 e. The number of benzene rings is 1. The van der Waals surface area contributed by atoms with Crippen molar-refractivity contribution >= 4 is 16.9 Å². The van der Waals surface area contributed by atoms with Crippen LogP contribution in [-0.2, 0) is 18.4 Å². The zero-order chi connectivity index (χ0) is 16.4. The summed E-state index contributed by atoms with van der Waals surface area (Å²) in [4.78, 5) is 28.8. The van der Waals surface area contributed by atoms with Crippen LogP contribution in [0.25, 0.3) is 11.0 Å². The first-order valence-corrected chi connectivity index (χ1v) is 7.42. The molecule has 1 unspecified atom stereocenters. The van der Waals surface area contributed by atoms with E-state index < -0.39 is 0 Å². The Hall–Kier alpha value is -2.89. The molecule has 1 atom stereocenters. The van der Waals surface area contributed by atoms with Crippen molar-refractivity contribution in [3.05, 3.63) is 64.8 Å². The summed E-state index contributed by atoms with van der Waals surface area (Å²) in [5, 5.41) is 2.88. The van der Waals surface area contributed by atoms with Gasteiger partial charge in [0.2, 0.25) is 5.91 Å². The number of carbonyl (C=O) groups excluding carboxylic acids is 1. The van der Waals surface area contributed by atoms with Crippen LogP contribution in [-0.4, -0.2) is 20.0 Å². The van der Waals surface area contributed by atoms with Crippen LogP contribution < -0.4 is 11.0 Å². The molecular weight excluding hydrogens is 292 g/mol. The van der Waals surface area contributed by atoms with Gasteiger partial charge in [0.05, 0.1) is 22.8 Å². The molecular formula is C17H18N4O2. The Morgan fingerprint density at radius 3 is 2.57 bits per heavy atom. The third-order valence-corrected chi connectivity index (χ3v) is 3.86. The van der Waals surface area contributed by atoms with Gasteiger partial charge in [0.25, 0.3) is 0 Å². The van der Waals surface area contributed by atoms with E-state index in [-0.39, 0.29) is 24.2 Å². The summed E-state index contributed by atoms with van der Waals surface area (Å²) in [6.07, 6.45) is 1.69. The Labute approximate surface area is 133 Å². The summed E-state index contributed by atoms with van der Waals surface area (Å²) in [5.74, 6) is -0.221. The minimum absolute atomic E-state index is 0.0165. The highest BCUT2D eigenvalue weighted by atomic mass is 16.2. The molecule has 1 N–H and O–H groups in total. The standard InChI is InChI=1S/C17H18N4O2/c1-12(13-7-5-6-10-18-13)19-16(22)11-21-15-9-4-3-8-14(15)20(2)17(21)23/h3-10,12H,11H2,1-2H3,(H,19,22). The summed E-state index contributed by atoms with van der Waals surface area (Å²) in [5.41, 5.74) is 2.14. The molecule has 1 aromatic carbocycles. The maximum atomic E-state index is 12.3. The predicted molar refractivity (Wildman–Crippen MR) is 88.0 cm³/mol. The van der Waals surface area contributed by atoms with Crippen LogP contribution in [0.1, 0.15) is 18.7 Å². The summed E-state index contributed by atoms with van der Waals surface area (Å²) in [6, 6.07) is 12.8. The van der Waals surface area contributed by atoms with Crippen molar-refractivity contribution in [1.29, 1.82) is 0 Å². The molecule has 0 radical (unpaired) electrons. The average molecular weight is 310 g/mol. The van der Waals surface area contributed by atoms with Gasteiger partial charge in [0, 0.05) is 13.2 Å². The smallest absolute Gasteiger partial charge is 0.329 e. The van der Waals surface area contributed by atoms with Crippen molar-refractivity contribution in [3.63, 3.8) is 0 Å². The second kappa shape index (κ2) is 6.08. The number of rotatable bonds is 4. The molecule has 23 heavy (non-hydrogen) atoms. The molecule has 0 aliphatic rings. The van der Waals surface area contributed by atoms with E-state index in [1.165, 1.54) is 4.57 Å². The number of nitrogens with one attached hydrogen (secondary N) is 1. The Morgan fingerprint density at radius 2 is 1.87 bits per heavy atom. The maximum absolute atomic E-state index is 12.3. The molecule has 2 aromatic heterocycles. The van der Waals surface area contributed by atoms with Gasteiger partial charge in [-0.1, -0.05) is 18.2 Å². The number of nitrogens with zero attached hydrogens (tertiary/aromatic N) is 3. The molecule has 0 fully saturated rings. The lowest BCUT2D eigenvalue weighted by Gasteiger charge is -2.13. The molecule has 1 amide bonds. The molecule has 3 rings (SSSR count). The van der Waals surface area contributed by atoms with Crippen molar-refractivity contribution in [3.8, 4) is 0 Å². The number of carbonyl (C=O) groups is 1. The van der Waals surface area contributed by atoms with Gasteiger partial charge < -0.3 is 5.32 Å². The first-order valence-electron chi connectivity index (χ1n) is 7.42. The molecule has 0 aliphatic heterocycles. The number of pyridine rings is 1. The number of hydrogen-bond acceptors (Lipinski definition) is 3. The van der Waals surface area contributed by atoms with E-state index >= 15 is 0 Å². The van der Waals surface area contributed by atoms with Gasteiger partial charge in [-0.15, -0.1) is 0 Å². The number of fused-ring (bicyclic) bond motifs is 1. The summed E-state index contributed by atoms with van der Waals surface area (Å²) in [7, 11) is 1.70. The Balaban J connectivity index is 1.81. The fourth-order valence-electron chi connectivity index (χ4n) is 2.65. The average Bonchev–Trinajstić information content (AvgIpc) is 2.81. The fourth-order valence-corrected chi connectivity index (χ4v) is 2.65. The van der Waals surface area contributed by atoms with Gasteiger partial charge in [-0.05, 0) is 31.2 Å². The number of amides is 1. The molecule has 0 saturated heterocycles. The Kier molecular flexibility index (Phi) is 3.97. The van der Waals surface area contributed by atoms with E-state index in [1.54, 1.807) is 17.8 Å². The third kappa shape index (κ3) is 2.88. The molecule has 0 spiro atoms. The number of aromatic nitrogens is 3. The highest BCUT2D eigenvalue weighted by Gasteiger charge is 2.15. The van der Waals surface area contributed by atoms with Gasteiger partial charge in [-0.25, -0.2) is 4.79 Å². The Morgan fingerprint density at radius 1 is 1.17 bits per heavy atom. The van der Waals surface area contributed by atoms with Gasteiger partial charge in [0.15, 0.2) is 0 Å². The van der Waals surface area contributed by atoms with Crippen molar-refractivity contribution in [2.45, 2.75) is 19.5 Å². The zero-order valence-electron chi connectivity index (χ0n) is 13.1. The van der Waals surface area contributed by atoms with Crippen LogP contribution in [0.15, 0.2) is 53.5 Å². The molecule has 0 bridgehead atoms. The first kappa shape index (κ1) is 15.0. The van der Waals surface area contributed by atoms with Crippen molar-refractivity contribution in [1.82, 2.24) is 19.4 Å². The summed E-state index contributed by atoms with van der Waals surface area (Å²) >= 11 is 0. The van der Waals surface area contributed by atoms with Crippen LogP contribution in [0.5, 0.6) is 0 Å². The van der Waals surface area contributed by atoms with Crippen LogP contribution in [0.4, 0.5) is 0 Å². The highest BCUT2D eigenvalue weighted by Crippen LogP contribution is 2.12. The summed E-state index contributed by atoms with van der Waals surface area (Å²) in [6.45, 7) is 1.85. The van der Waals surface area contributed by atoms with E-state index in [4.69, 9.17) is 0 Å². The normalized spacial score (nSPS) is 12.3. The van der Waals surface area contributed by atoms with Gasteiger partial charge in [-0.3, -0.25) is 18.9 Å². The minimum Gasteiger partial charge on any atom is -0.346 e. The Bertz CT molecular complexity index is 896. The van der Waals surface area contributed by atoms with Crippen molar-refractivity contribution < 1.29 is 4.79 Å². The van der Waals surface area contributed by atoms with E-state index in [9.17, 15) is 9.59 Å². The first-order chi connectivity index (χ1) is 11.1. The second-order valence-electron chi connectivity index (χ2n) is 5.46. The van der Waals surface area contributed by atoms with E-state index in [0.29, 0.717) is 0 Å². The van der Waals surface area contributed by atoms with Crippen LogP contribution in [0.2, 0.25) is 0 Å².